The maximum atomic E-state index is 13.1. The first-order chi connectivity index (χ1) is 10.9. The Bertz CT molecular complexity index is 735. The van der Waals surface area contributed by atoms with Crippen molar-refractivity contribution in [2.24, 2.45) is 5.92 Å². The van der Waals surface area contributed by atoms with Crippen LogP contribution < -0.4 is 5.56 Å². The van der Waals surface area contributed by atoms with Crippen molar-refractivity contribution < 1.29 is 13.9 Å². The predicted octanol–water partition coefficient (Wildman–Crippen LogP) is 3.41. The maximum Gasteiger partial charge on any atom is 0.328 e. The average molecular weight is 317 g/mol. The molecule has 1 atom stereocenters. The number of pyridine rings is 1. The summed E-state index contributed by atoms with van der Waals surface area (Å²) in [6.45, 7) is 3.95. The molecule has 0 aliphatic rings. The Morgan fingerprint density at radius 3 is 2.43 bits per heavy atom. The molecule has 23 heavy (non-hydrogen) atoms. The summed E-state index contributed by atoms with van der Waals surface area (Å²) in [7, 11) is 1.31. The van der Waals surface area contributed by atoms with Crippen LogP contribution >= 0.6 is 0 Å². The van der Waals surface area contributed by atoms with Crippen LogP contribution in [0.2, 0.25) is 0 Å². The standard InChI is InChI=1S/C18H20FNO3/c1-12(2)11-16(18(22)23-3)20-10-4-5-15(17(20)21)13-6-8-14(19)9-7-13/h4-10,12,16H,11H2,1-3H3. The Labute approximate surface area is 134 Å². The van der Waals surface area contributed by atoms with Gasteiger partial charge >= 0.3 is 5.97 Å². The predicted molar refractivity (Wildman–Crippen MR) is 86.6 cm³/mol. The molecule has 4 nitrogen and oxygen atoms in total. The number of ether oxygens (including phenoxy) is 1. The number of aromatic nitrogens is 1. The van der Waals surface area contributed by atoms with Gasteiger partial charge in [0.1, 0.15) is 11.9 Å². The lowest BCUT2D eigenvalue weighted by atomic mass is 10.0. The maximum absolute atomic E-state index is 13.1. The van der Waals surface area contributed by atoms with Gasteiger partial charge in [0, 0.05) is 11.8 Å². The van der Waals surface area contributed by atoms with E-state index in [1.165, 1.54) is 23.8 Å². The van der Waals surface area contributed by atoms with Crippen LogP contribution in [0.15, 0.2) is 47.4 Å². The molecule has 5 heteroatoms. The highest BCUT2D eigenvalue weighted by Crippen LogP contribution is 2.20. The van der Waals surface area contributed by atoms with Crippen LogP contribution in [0.1, 0.15) is 26.3 Å². The van der Waals surface area contributed by atoms with E-state index >= 15 is 0 Å². The van der Waals surface area contributed by atoms with Gasteiger partial charge in [0.05, 0.1) is 7.11 Å². The van der Waals surface area contributed by atoms with Crippen molar-refractivity contribution in [3.63, 3.8) is 0 Å². The lowest BCUT2D eigenvalue weighted by Crippen LogP contribution is -2.32. The fraction of sp³-hybridized carbons (Fsp3) is 0.333. The summed E-state index contributed by atoms with van der Waals surface area (Å²) in [4.78, 5) is 24.8. The fourth-order valence-corrected chi connectivity index (χ4v) is 2.51. The second kappa shape index (κ2) is 7.22. The molecule has 0 fully saturated rings. The number of rotatable bonds is 5. The molecule has 2 rings (SSSR count). The monoisotopic (exact) mass is 317 g/mol. The quantitative estimate of drug-likeness (QED) is 0.794. The van der Waals surface area contributed by atoms with Crippen LogP contribution in [-0.4, -0.2) is 17.6 Å². The summed E-state index contributed by atoms with van der Waals surface area (Å²) in [5, 5.41) is 0. The van der Waals surface area contributed by atoms with Gasteiger partial charge in [-0.1, -0.05) is 26.0 Å². The van der Waals surface area contributed by atoms with Gasteiger partial charge in [-0.05, 0) is 42.2 Å². The zero-order valence-electron chi connectivity index (χ0n) is 13.5. The number of benzene rings is 1. The second-order valence-corrected chi connectivity index (χ2v) is 5.81. The summed E-state index contributed by atoms with van der Waals surface area (Å²) in [5.74, 6) is -0.588. The highest BCUT2D eigenvalue weighted by Gasteiger charge is 2.24. The van der Waals surface area contributed by atoms with Gasteiger partial charge < -0.3 is 9.30 Å². The van der Waals surface area contributed by atoms with Crippen LogP contribution in [0.3, 0.4) is 0 Å². The molecular weight excluding hydrogens is 297 g/mol. The van der Waals surface area contributed by atoms with Crippen LogP contribution in [0.25, 0.3) is 11.1 Å². The van der Waals surface area contributed by atoms with Gasteiger partial charge in [0.2, 0.25) is 0 Å². The molecule has 2 aromatic rings. The molecule has 1 unspecified atom stereocenters. The molecule has 1 aromatic heterocycles. The lowest BCUT2D eigenvalue weighted by molar-refractivity contribution is -0.145. The first-order valence-corrected chi connectivity index (χ1v) is 7.49. The van der Waals surface area contributed by atoms with E-state index in [0.717, 1.165) is 0 Å². The van der Waals surface area contributed by atoms with Crippen molar-refractivity contribution in [3.05, 3.63) is 58.8 Å². The molecule has 1 heterocycles. The van der Waals surface area contributed by atoms with E-state index in [-0.39, 0.29) is 17.3 Å². The molecule has 0 spiro atoms. The lowest BCUT2D eigenvalue weighted by Gasteiger charge is -2.20. The molecular formula is C18H20FNO3. The van der Waals surface area contributed by atoms with Crippen molar-refractivity contribution in [1.82, 2.24) is 4.57 Å². The molecule has 0 aliphatic heterocycles. The number of hydrogen-bond acceptors (Lipinski definition) is 3. The van der Waals surface area contributed by atoms with E-state index in [9.17, 15) is 14.0 Å². The van der Waals surface area contributed by atoms with Gasteiger partial charge in [0.25, 0.3) is 5.56 Å². The summed E-state index contributed by atoms with van der Waals surface area (Å²) in [5.41, 5.74) is 0.735. The zero-order chi connectivity index (χ0) is 17.0. The van der Waals surface area contributed by atoms with Crippen LogP contribution in [-0.2, 0) is 9.53 Å². The minimum atomic E-state index is -0.673. The van der Waals surface area contributed by atoms with E-state index in [4.69, 9.17) is 4.74 Å². The Morgan fingerprint density at radius 1 is 1.22 bits per heavy atom. The van der Waals surface area contributed by atoms with Gasteiger partial charge in [-0.3, -0.25) is 4.79 Å². The van der Waals surface area contributed by atoms with Gasteiger partial charge in [0.15, 0.2) is 0 Å². The smallest absolute Gasteiger partial charge is 0.328 e. The molecule has 0 radical (unpaired) electrons. The summed E-state index contributed by atoms with van der Waals surface area (Å²) in [6.07, 6.45) is 2.08. The summed E-state index contributed by atoms with van der Waals surface area (Å²) >= 11 is 0. The van der Waals surface area contributed by atoms with E-state index in [1.54, 1.807) is 30.5 Å². The van der Waals surface area contributed by atoms with E-state index in [0.29, 0.717) is 17.5 Å². The Hall–Kier alpha value is -2.43. The van der Waals surface area contributed by atoms with Crippen molar-refractivity contribution in [3.8, 4) is 11.1 Å². The molecule has 0 aliphatic carbocycles. The highest BCUT2D eigenvalue weighted by atomic mass is 19.1. The normalized spacial score (nSPS) is 12.2. The van der Waals surface area contributed by atoms with Gasteiger partial charge in [-0.25, -0.2) is 9.18 Å². The average Bonchev–Trinajstić information content (AvgIpc) is 2.53. The minimum absolute atomic E-state index is 0.223. The first kappa shape index (κ1) is 16.9. The highest BCUT2D eigenvalue weighted by molar-refractivity contribution is 5.74. The first-order valence-electron chi connectivity index (χ1n) is 7.49. The third kappa shape index (κ3) is 3.86. The number of esters is 1. The summed E-state index contributed by atoms with van der Waals surface area (Å²) in [6, 6.07) is 8.40. The number of nitrogens with zero attached hydrogens (tertiary/aromatic N) is 1. The number of carbonyl (C=O) groups is 1. The molecule has 1 aromatic carbocycles. The second-order valence-electron chi connectivity index (χ2n) is 5.81. The number of methoxy groups -OCH3 is 1. The van der Waals surface area contributed by atoms with E-state index in [2.05, 4.69) is 0 Å². The van der Waals surface area contributed by atoms with Gasteiger partial charge in [-0.2, -0.15) is 0 Å². The topological polar surface area (TPSA) is 48.3 Å². The van der Waals surface area contributed by atoms with E-state index < -0.39 is 12.0 Å². The van der Waals surface area contributed by atoms with Crippen LogP contribution in [0, 0.1) is 11.7 Å². The SMILES string of the molecule is COC(=O)C(CC(C)C)n1cccc(-c2ccc(F)cc2)c1=O. The number of carbonyl (C=O) groups excluding carboxylic acids is 1. The number of halogens is 1. The molecule has 0 saturated carbocycles. The van der Waals surface area contributed by atoms with Crippen molar-refractivity contribution in [2.45, 2.75) is 26.3 Å². The zero-order valence-corrected chi connectivity index (χ0v) is 13.5. The van der Waals surface area contributed by atoms with Crippen molar-refractivity contribution in [1.29, 1.82) is 0 Å². The minimum Gasteiger partial charge on any atom is -0.467 e. The van der Waals surface area contributed by atoms with Crippen LogP contribution in [0.4, 0.5) is 4.39 Å². The largest absolute Gasteiger partial charge is 0.467 e. The Balaban J connectivity index is 2.51. The molecule has 0 bridgehead atoms. The van der Waals surface area contributed by atoms with Gasteiger partial charge in [-0.15, -0.1) is 0 Å². The third-order valence-electron chi connectivity index (χ3n) is 3.63. The Morgan fingerprint density at radius 2 is 1.87 bits per heavy atom. The van der Waals surface area contributed by atoms with Crippen molar-refractivity contribution >= 4 is 5.97 Å². The molecule has 122 valence electrons. The molecule has 0 amide bonds. The molecule has 0 saturated heterocycles. The van der Waals surface area contributed by atoms with Crippen molar-refractivity contribution in [2.75, 3.05) is 7.11 Å². The van der Waals surface area contributed by atoms with Crippen LogP contribution in [0.5, 0.6) is 0 Å². The molecule has 0 N–H and O–H groups in total. The summed E-state index contributed by atoms with van der Waals surface area (Å²) < 4.78 is 19.3. The number of hydrogen-bond donors (Lipinski definition) is 0. The Kier molecular flexibility index (Phi) is 5.32. The fourth-order valence-electron chi connectivity index (χ4n) is 2.51. The van der Waals surface area contributed by atoms with E-state index in [1.807, 2.05) is 13.8 Å². The third-order valence-corrected chi connectivity index (χ3v) is 3.63.